The van der Waals surface area contributed by atoms with Gasteiger partial charge in [0.1, 0.15) is 0 Å². The first-order valence-electron chi connectivity index (χ1n) is 3.92. The molecule has 3 N–H and O–H groups in total. The summed E-state index contributed by atoms with van der Waals surface area (Å²) >= 11 is 0. The van der Waals surface area contributed by atoms with E-state index < -0.39 is 0 Å². The topological polar surface area (TPSA) is 47.3 Å². The van der Waals surface area contributed by atoms with Crippen LogP contribution in [0.1, 0.15) is 0 Å². The van der Waals surface area contributed by atoms with Crippen molar-refractivity contribution in [3.63, 3.8) is 0 Å². The first-order valence-corrected chi connectivity index (χ1v) is 3.92. The maximum absolute atomic E-state index is 5.70. The summed E-state index contributed by atoms with van der Waals surface area (Å²) in [6, 6.07) is 7.68. The first kappa shape index (κ1) is 12.1. The van der Waals surface area contributed by atoms with E-state index in [4.69, 9.17) is 10.5 Å². The van der Waals surface area contributed by atoms with E-state index in [2.05, 4.69) is 5.32 Å². The van der Waals surface area contributed by atoms with Crippen LogP contribution in [0.5, 0.6) is 0 Å². The molecule has 0 heterocycles. The molecule has 0 unspecified atom stereocenters. The van der Waals surface area contributed by atoms with Gasteiger partial charge in [-0.05, 0) is 12.1 Å². The lowest BCUT2D eigenvalue weighted by atomic mass is 10.3. The highest BCUT2D eigenvalue weighted by Gasteiger charge is 1.94. The number of halogens is 1. The van der Waals surface area contributed by atoms with Crippen LogP contribution in [0.3, 0.4) is 0 Å². The molecule has 3 nitrogen and oxygen atoms in total. The van der Waals surface area contributed by atoms with E-state index in [0.717, 1.165) is 17.9 Å². The Bertz CT molecular complexity index is 243. The van der Waals surface area contributed by atoms with Gasteiger partial charge < -0.3 is 15.8 Å². The number of hydrogen-bond acceptors (Lipinski definition) is 3. The summed E-state index contributed by atoms with van der Waals surface area (Å²) in [7, 11) is 1.68. The number of benzene rings is 1. The lowest BCUT2D eigenvalue weighted by Crippen LogP contribution is -2.08. The molecule has 13 heavy (non-hydrogen) atoms. The zero-order valence-electron chi connectivity index (χ0n) is 7.62. The minimum atomic E-state index is 0. The van der Waals surface area contributed by atoms with E-state index in [9.17, 15) is 0 Å². The monoisotopic (exact) mass is 202 g/mol. The minimum Gasteiger partial charge on any atom is -0.397 e. The molecule has 0 saturated heterocycles. The summed E-state index contributed by atoms with van der Waals surface area (Å²) < 4.78 is 4.90. The van der Waals surface area contributed by atoms with Crippen LogP contribution in [0.15, 0.2) is 24.3 Å². The number of rotatable bonds is 4. The number of nitrogens with two attached hydrogens (primary N) is 1. The molecule has 0 spiro atoms. The second-order valence-electron chi connectivity index (χ2n) is 2.51. The second kappa shape index (κ2) is 6.57. The molecule has 0 aromatic heterocycles. The standard InChI is InChI=1S/C9H14N2O.ClH/c1-12-7-6-11-9-5-3-2-4-8(9)10;/h2-5,11H,6-7,10H2,1H3;1H. The van der Waals surface area contributed by atoms with E-state index in [1.165, 1.54) is 0 Å². The molecule has 1 aromatic rings. The second-order valence-corrected chi connectivity index (χ2v) is 2.51. The molecule has 0 fully saturated rings. The van der Waals surface area contributed by atoms with Crippen molar-refractivity contribution in [2.24, 2.45) is 0 Å². The third kappa shape index (κ3) is 4.01. The highest BCUT2D eigenvalue weighted by atomic mass is 35.5. The van der Waals surface area contributed by atoms with Gasteiger partial charge in [-0.2, -0.15) is 0 Å². The summed E-state index contributed by atoms with van der Waals surface area (Å²) in [5.74, 6) is 0. The fourth-order valence-electron chi connectivity index (χ4n) is 0.946. The van der Waals surface area contributed by atoms with Crippen LogP contribution in [-0.2, 0) is 4.74 Å². The van der Waals surface area contributed by atoms with Crippen LogP contribution in [0.25, 0.3) is 0 Å². The number of nitrogen functional groups attached to an aromatic ring is 1. The van der Waals surface area contributed by atoms with Crippen LogP contribution in [0.4, 0.5) is 11.4 Å². The molecule has 1 rings (SSSR count). The highest BCUT2D eigenvalue weighted by molar-refractivity contribution is 5.85. The quantitative estimate of drug-likeness (QED) is 0.578. The van der Waals surface area contributed by atoms with Gasteiger partial charge >= 0.3 is 0 Å². The Hall–Kier alpha value is -0.930. The van der Waals surface area contributed by atoms with E-state index in [1.807, 2.05) is 24.3 Å². The van der Waals surface area contributed by atoms with Gasteiger partial charge in [0.05, 0.1) is 18.0 Å². The maximum atomic E-state index is 5.70. The van der Waals surface area contributed by atoms with Crippen molar-refractivity contribution in [1.82, 2.24) is 0 Å². The predicted molar refractivity (Wildman–Crippen MR) is 58.5 cm³/mol. The molecule has 4 heteroatoms. The number of para-hydroxylation sites is 2. The fourth-order valence-corrected chi connectivity index (χ4v) is 0.946. The van der Waals surface area contributed by atoms with Crippen LogP contribution < -0.4 is 11.1 Å². The van der Waals surface area contributed by atoms with Crippen molar-refractivity contribution in [3.05, 3.63) is 24.3 Å². The molecule has 0 atom stereocenters. The number of anilines is 2. The Morgan fingerprint density at radius 1 is 1.38 bits per heavy atom. The molecule has 0 aliphatic rings. The lowest BCUT2D eigenvalue weighted by molar-refractivity contribution is 0.211. The van der Waals surface area contributed by atoms with Gasteiger partial charge in [-0.1, -0.05) is 12.1 Å². The predicted octanol–water partition coefficient (Wildman–Crippen LogP) is 1.75. The van der Waals surface area contributed by atoms with Gasteiger partial charge in [0, 0.05) is 13.7 Å². The maximum Gasteiger partial charge on any atom is 0.0635 e. The van der Waals surface area contributed by atoms with Gasteiger partial charge in [0.25, 0.3) is 0 Å². The highest BCUT2D eigenvalue weighted by Crippen LogP contribution is 2.15. The van der Waals surface area contributed by atoms with Crippen molar-refractivity contribution in [3.8, 4) is 0 Å². The first-order chi connectivity index (χ1) is 5.84. The average molecular weight is 203 g/mol. The van der Waals surface area contributed by atoms with Gasteiger partial charge in [0.2, 0.25) is 0 Å². The molecule has 0 amide bonds. The number of ether oxygens (including phenoxy) is 1. The molecule has 0 aliphatic heterocycles. The summed E-state index contributed by atoms with van der Waals surface area (Å²) in [6.45, 7) is 1.47. The fraction of sp³-hybridized carbons (Fsp3) is 0.333. The Balaban J connectivity index is 0.00000144. The van der Waals surface area contributed by atoms with Crippen molar-refractivity contribution < 1.29 is 4.74 Å². The van der Waals surface area contributed by atoms with Crippen LogP contribution in [0.2, 0.25) is 0 Å². The zero-order valence-corrected chi connectivity index (χ0v) is 8.43. The number of hydrogen-bond donors (Lipinski definition) is 2. The number of methoxy groups -OCH3 is 1. The normalized spacial score (nSPS) is 9.00. The smallest absolute Gasteiger partial charge is 0.0635 e. The molecule has 1 aromatic carbocycles. The summed E-state index contributed by atoms with van der Waals surface area (Å²) in [5.41, 5.74) is 7.44. The van der Waals surface area contributed by atoms with Crippen LogP contribution in [0, 0.1) is 0 Å². The molecule has 74 valence electrons. The van der Waals surface area contributed by atoms with Crippen LogP contribution in [-0.4, -0.2) is 20.3 Å². The van der Waals surface area contributed by atoms with Crippen molar-refractivity contribution >= 4 is 23.8 Å². The minimum absolute atomic E-state index is 0. The molecule has 0 saturated carbocycles. The van der Waals surface area contributed by atoms with E-state index in [0.29, 0.717) is 6.61 Å². The average Bonchev–Trinajstić information content (AvgIpc) is 2.09. The molecule has 0 aliphatic carbocycles. The van der Waals surface area contributed by atoms with Gasteiger partial charge in [0.15, 0.2) is 0 Å². The van der Waals surface area contributed by atoms with E-state index in [-0.39, 0.29) is 12.4 Å². The van der Waals surface area contributed by atoms with E-state index >= 15 is 0 Å². The largest absolute Gasteiger partial charge is 0.397 e. The third-order valence-corrected chi connectivity index (χ3v) is 1.58. The van der Waals surface area contributed by atoms with Gasteiger partial charge in [-0.15, -0.1) is 12.4 Å². The Kier molecular flexibility index (Phi) is 6.10. The Morgan fingerprint density at radius 3 is 2.69 bits per heavy atom. The third-order valence-electron chi connectivity index (χ3n) is 1.58. The summed E-state index contributed by atoms with van der Waals surface area (Å²) in [4.78, 5) is 0. The Labute approximate surface area is 84.7 Å². The SMILES string of the molecule is COCCNc1ccccc1N.Cl. The van der Waals surface area contributed by atoms with Gasteiger partial charge in [-0.25, -0.2) is 0 Å². The van der Waals surface area contributed by atoms with Crippen molar-refractivity contribution in [2.45, 2.75) is 0 Å². The number of nitrogens with one attached hydrogen (secondary N) is 1. The molecular formula is C9H15ClN2O. The van der Waals surface area contributed by atoms with Crippen molar-refractivity contribution in [2.75, 3.05) is 31.3 Å². The Morgan fingerprint density at radius 2 is 2.08 bits per heavy atom. The summed E-state index contributed by atoms with van der Waals surface area (Å²) in [6.07, 6.45) is 0. The van der Waals surface area contributed by atoms with E-state index in [1.54, 1.807) is 7.11 Å². The van der Waals surface area contributed by atoms with Crippen molar-refractivity contribution in [1.29, 1.82) is 0 Å². The lowest BCUT2D eigenvalue weighted by Gasteiger charge is -2.07. The van der Waals surface area contributed by atoms with Gasteiger partial charge in [-0.3, -0.25) is 0 Å². The molecular weight excluding hydrogens is 188 g/mol. The molecule has 0 bridgehead atoms. The molecule has 0 radical (unpaired) electrons. The van der Waals surface area contributed by atoms with Crippen LogP contribution >= 0.6 is 12.4 Å². The summed E-state index contributed by atoms with van der Waals surface area (Å²) in [5, 5.41) is 3.16. The zero-order chi connectivity index (χ0) is 8.81.